The number of phenolic OH excluding ortho intramolecular Hbond substituents is 1. The molecule has 0 amide bonds. The zero-order chi connectivity index (χ0) is 7.40. The summed E-state index contributed by atoms with van der Waals surface area (Å²) in [5.74, 6) is 0.299. The number of benzene rings is 1. The first-order valence-corrected chi connectivity index (χ1v) is 3.11. The Kier molecular flexibility index (Phi) is 2.29. The van der Waals surface area contributed by atoms with Gasteiger partial charge in [-0.05, 0) is 24.3 Å². The van der Waals surface area contributed by atoms with Gasteiger partial charge in [-0.2, -0.15) is 0 Å². The first-order valence-electron chi connectivity index (χ1n) is 3.11. The highest BCUT2D eigenvalue weighted by Gasteiger charge is 1.91. The Morgan fingerprint density at radius 3 is 2.40 bits per heavy atom. The van der Waals surface area contributed by atoms with Crippen molar-refractivity contribution < 1.29 is 10.4 Å². The maximum Gasteiger partial charge on any atom is 0.118 e. The van der Waals surface area contributed by atoms with Crippen molar-refractivity contribution in [2.75, 3.05) is 0 Å². The summed E-state index contributed by atoms with van der Waals surface area (Å²) in [5, 5.41) is 11.7. The van der Waals surface area contributed by atoms with Gasteiger partial charge >= 0.3 is 0 Å². The first-order chi connectivity index (χ1) is 4.83. The third kappa shape index (κ3) is 1.74. The van der Waals surface area contributed by atoms with Gasteiger partial charge in [0.1, 0.15) is 12.3 Å². The fourth-order valence-corrected chi connectivity index (χ4v) is 0.758. The van der Waals surface area contributed by atoms with Crippen LogP contribution >= 0.6 is 0 Å². The minimum Gasteiger partial charge on any atom is -0.508 e. The fourth-order valence-electron chi connectivity index (χ4n) is 0.758. The summed E-state index contributed by atoms with van der Waals surface area (Å²) in [6.45, 7) is 0.736. The number of aromatic hydroxyl groups is 1. The third-order valence-electron chi connectivity index (χ3n) is 1.27. The SMILES string of the molecule is [CH2-][NH+]Cc1ccc(O)cc1. The molecule has 0 unspecified atom stereocenters. The first kappa shape index (κ1) is 7.09. The Hall–Kier alpha value is -1.02. The van der Waals surface area contributed by atoms with Crippen LogP contribution in [-0.2, 0) is 6.54 Å². The van der Waals surface area contributed by atoms with Crippen LogP contribution in [0.4, 0.5) is 0 Å². The van der Waals surface area contributed by atoms with Gasteiger partial charge in [0.2, 0.25) is 0 Å². The Morgan fingerprint density at radius 2 is 1.90 bits per heavy atom. The average molecular weight is 136 g/mol. The van der Waals surface area contributed by atoms with Crippen molar-refractivity contribution in [2.24, 2.45) is 0 Å². The van der Waals surface area contributed by atoms with Crippen LogP contribution in [0.15, 0.2) is 24.3 Å². The van der Waals surface area contributed by atoms with Gasteiger partial charge in [0.15, 0.2) is 0 Å². The summed E-state index contributed by atoms with van der Waals surface area (Å²) in [6, 6.07) is 7.03. The third-order valence-corrected chi connectivity index (χ3v) is 1.27. The van der Waals surface area contributed by atoms with Crippen LogP contribution < -0.4 is 5.32 Å². The van der Waals surface area contributed by atoms with E-state index in [1.165, 1.54) is 0 Å². The molecule has 0 atom stereocenters. The lowest BCUT2D eigenvalue weighted by molar-refractivity contribution is -0.612. The summed E-state index contributed by atoms with van der Waals surface area (Å²) in [7, 11) is 3.49. The molecule has 1 aromatic carbocycles. The van der Waals surface area contributed by atoms with E-state index in [1.807, 2.05) is 12.1 Å². The molecule has 1 radical (unpaired) electrons. The lowest BCUT2D eigenvalue weighted by Crippen LogP contribution is -2.74. The zero-order valence-corrected chi connectivity index (χ0v) is 5.67. The lowest BCUT2D eigenvalue weighted by atomic mass is 10.2. The maximum absolute atomic E-state index is 8.89. The molecule has 53 valence electrons. The van der Waals surface area contributed by atoms with Gasteiger partial charge in [0.25, 0.3) is 0 Å². The van der Waals surface area contributed by atoms with Gasteiger partial charge in [0.05, 0.1) is 0 Å². The van der Waals surface area contributed by atoms with Crippen LogP contribution in [0.5, 0.6) is 5.75 Å². The highest BCUT2D eigenvalue weighted by molar-refractivity contribution is 5.25. The summed E-state index contributed by atoms with van der Waals surface area (Å²) in [6.07, 6.45) is 0. The van der Waals surface area contributed by atoms with Crippen molar-refractivity contribution in [1.82, 2.24) is 0 Å². The van der Waals surface area contributed by atoms with E-state index >= 15 is 0 Å². The van der Waals surface area contributed by atoms with Gasteiger partial charge in [-0.15, -0.1) is 7.05 Å². The molecule has 0 fully saturated rings. The van der Waals surface area contributed by atoms with Crippen molar-refractivity contribution in [2.45, 2.75) is 6.54 Å². The van der Waals surface area contributed by atoms with Gasteiger partial charge in [-0.25, -0.2) is 0 Å². The molecule has 0 heterocycles. The van der Waals surface area contributed by atoms with Gasteiger partial charge in [0, 0.05) is 5.56 Å². The second-order valence-electron chi connectivity index (χ2n) is 2.09. The van der Waals surface area contributed by atoms with E-state index in [0.29, 0.717) is 5.75 Å². The molecule has 0 bridgehead atoms. The van der Waals surface area contributed by atoms with E-state index in [9.17, 15) is 0 Å². The standard InChI is InChI=1S/C8H10NO/c1-9-6-7-2-4-8(10)5-3-7/h2-5,9-10H,1,6H2. The van der Waals surface area contributed by atoms with Crippen LogP contribution in [0.3, 0.4) is 0 Å². The Balaban J connectivity index is 2.69. The normalized spacial score (nSPS) is 9.70. The summed E-state index contributed by atoms with van der Waals surface area (Å²) < 4.78 is 0. The predicted octanol–water partition coefficient (Wildman–Crippen LogP) is 0.0330. The highest BCUT2D eigenvalue weighted by Crippen LogP contribution is 2.07. The largest absolute Gasteiger partial charge is 0.508 e. The monoisotopic (exact) mass is 136 g/mol. The Labute approximate surface area is 60.5 Å². The Bertz CT molecular complexity index is 193. The second kappa shape index (κ2) is 3.22. The van der Waals surface area contributed by atoms with Crippen molar-refractivity contribution in [1.29, 1.82) is 0 Å². The van der Waals surface area contributed by atoms with Gasteiger partial charge in [-0.3, -0.25) is 0 Å². The molecule has 2 nitrogen and oxygen atoms in total. The Morgan fingerprint density at radius 1 is 1.30 bits per heavy atom. The number of nitrogens with one attached hydrogen (secondary N) is 1. The number of hydrogen-bond donors (Lipinski definition) is 2. The van der Waals surface area contributed by atoms with E-state index in [2.05, 4.69) is 12.4 Å². The molecular formula is C8H10NO. The lowest BCUT2D eigenvalue weighted by Gasteiger charge is -1.95. The van der Waals surface area contributed by atoms with E-state index < -0.39 is 0 Å². The van der Waals surface area contributed by atoms with Crippen LogP contribution in [0.2, 0.25) is 0 Å². The van der Waals surface area contributed by atoms with Crippen molar-refractivity contribution in [3.05, 3.63) is 36.9 Å². The van der Waals surface area contributed by atoms with E-state index in [4.69, 9.17) is 5.11 Å². The molecule has 1 rings (SSSR count). The van der Waals surface area contributed by atoms with Crippen LogP contribution in [0, 0.1) is 7.05 Å². The van der Waals surface area contributed by atoms with Crippen molar-refractivity contribution >= 4 is 0 Å². The van der Waals surface area contributed by atoms with Crippen LogP contribution in [0.1, 0.15) is 5.56 Å². The van der Waals surface area contributed by atoms with Crippen LogP contribution in [-0.4, -0.2) is 5.11 Å². The van der Waals surface area contributed by atoms with E-state index in [1.54, 1.807) is 12.1 Å². The average Bonchev–Trinajstić information content (AvgIpc) is 1.95. The minimum atomic E-state index is 0.299. The fraction of sp³-hybridized carbons (Fsp3) is 0.125. The highest BCUT2D eigenvalue weighted by atomic mass is 16.3. The molecule has 1 aromatic rings. The minimum absolute atomic E-state index is 0.299. The maximum atomic E-state index is 8.89. The molecule has 0 spiro atoms. The number of hydrogen-bond acceptors (Lipinski definition) is 2. The van der Waals surface area contributed by atoms with Gasteiger partial charge in [-0.1, -0.05) is 0 Å². The van der Waals surface area contributed by atoms with Gasteiger partial charge < -0.3 is 10.4 Å². The molecule has 0 saturated carbocycles. The molecule has 2 heteroatoms. The molecule has 10 heavy (non-hydrogen) atoms. The second-order valence-corrected chi connectivity index (χ2v) is 2.09. The molecular weight excluding hydrogens is 126 g/mol. The number of phenols is 1. The topological polar surface area (TPSA) is 35.8 Å². The molecule has 2 N–H and O–H groups in total. The quantitative estimate of drug-likeness (QED) is 0.553. The molecule has 0 aliphatic heterocycles. The molecule has 0 saturated heterocycles. The number of rotatable bonds is 2. The van der Waals surface area contributed by atoms with E-state index in [-0.39, 0.29) is 0 Å². The van der Waals surface area contributed by atoms with E-state index in [0.717, 1.165) is 12.1 Å². The van der Waals surface area contributed by atoms with Crippen molar-refractivity contribution in [3.63, 3.8) is 0 Å². The predicted molar refractivity (Wildman–Crippen MR) is 38.1 cm³/mol. The summed E-state index contributed by atoms with van der Waals surface area (Å²) in [4.78, 5) is 0. The molecule has 0 aliphatic carbocycles. The molecule has 0 aromatic heterocycles. The zero-order valence-electron chi connectivity index (χ0n) is 5.67. The smallest absolute Gasteiger partial charge is 0.118 e. The molecule has 0 aliphatic rings. The van der Waals surface area contributed by atoms with Crippen LogP contribution in [0.25, 0.3) is 0 Å². The summed E-state index contributed by atoms with van der Waals surface area (Å²) >= 11 is 0. The van der Waals surface area contributed by atoms with Crippen molar-refractivity contribution in [3.8, 4) is 5.75 Å². The summed E-state index contributed by atoms with van der Waals surface area (Å²) in [5.41, 5.74) is 1.12.